The highest BCUT2D eigenvalue weighted by Crippen LogP contribution is 2.21. The molecule has 2 heteroatoms. The molecule has 1 aromatic heterocycles. The molecule has 10 heavy (non-hydrogen) atoms. The van der Waals surface area contributed by atoms with Crippen LogP contribution in [0.15, 0.2) is 18.3 Å². The predicted octanol–water partition coefficient (Wildman–Crippen LogP) is 1.44. The van der Waals surface area contributed by atoms with Crippen LogP contribution in [-0.2, 0) is 6.42 Å². The van der Waals surface area contributed by atoms with Crippen LogP contribution in [0.25, 0.3) is 0 Å². The van der Waals surface area contributed by atoms with Crippen LogP contribution in [0.2, 0.25) is 0 Å². The van der Waals surface area contributed by atoms with Crippen LogP contribution < -0.4 is 5.32 Å². The summed E-state index contributed by atoms with van der Waals surface area (Å²) in [6.07, 6.45) is 2.91. The second kappa shape index (κ2) is 1.97. The Balaban J connectivity index is 2.42. The van der Waals surface area contributed by atoms with Crippen LogP contribution in [0, 0.1) is 0 Å². The van der Waals surface area contributed by atoms with E-state index in [0.29, 0.717) is 6.04 Å². The van der Waals surface area contributed by atoms with Crippen molar-refractivity contribution < 1.29 is 0 Å². The minimum atomic E-state index is 0.560. The molecule has 0 aromatic carbocycles. The third kappa shape index (κ3) is 0.764. The molecule has 1 aliphatic heterocycles. The fourth-order valence-corrected chi connectivity index (χ4v) is 1.34. The number of hydrogen-bond acceptors (Lipinski definition) is 2. The first-order valence-electron chi connectivity index (χ1n) is 3.56. The van der Waals surface area contributed by atoms with Crippen molar-refractivity contribution >= 4 is 5.69 Å². The molecule has 2 heterocycles. The summed E-state index contributed by atoms with van der Waals surface area (Å²) in [5.74, 6) is 0. The largest absolute Gasteiger partial charge is 0.381 e. The molecule has 1 atom stereocenters. The fourth-order valence-electron chi connectivity index (χ4n) is 1.34. The Kier molecular flexibility index (Phi) is 1.13. The summed E-state index contributed by atoms with van der Waals surface area (Å²) >= 11 is 0. The molecule has 1 unspecified atom stereocenters. The Bertz CT molecular complexity index is 220. The zero-order valence-electron chi connectivity index (χ0n) is 5.96. The molecule has 0 saturated heterocycles. The summed E-state index contributed by atoms with van der Waals surface area (Å²) in [5.41, 5.74) is 2.41. The third-order valence-electron chi connectivity index (χ3n) is 1.79. The number of nitrogens with one attached hydrogen (secondary N) is 1. The second-order valence-electron chi connectivity index (χ2n) is 2.75. The van der Waals surface area contributed by atoms with Gasteiger partial charge in [0.15, 0.2) is 0 Å². The predicted molar refractivity (Wildman–Crippen MR) is 41.0 cm³/mol. The second-order valence-corrected chi connectivity index (χ2v) is 2.75. The van der Waals surface area contributed by atoms with E-state index in [-0.39, 0.29) is 0 Å². The average Bonchev–Trinajstić information content (AvgIpc) is 2.27. The SMILES string of the molecule is CC1Cc2ncccc2N1. The standard InChI is InChI=1S/C8H10N2/c1-6-5-8-7(10-6)3-2-4-9-8/h2-4,6,10H,5H2,1H3. The van der Waals surface area contributed by atoms with E-state index in [2.05, 4.69) is 23.3 Å². The van der Waals surface area contributed by atoms with E-state index in [1.54, 1.807) is 0 Å². The van der Waals surface area contributed by atoms with Crippen LogP contribution in [-0.4, -0.2) is 11.0 Å². The first-order valence-corrected chi connectivity index (χ1v) is 3.56. The van der Waals surface area contributed by atoms with Gasteiger partial charge in [-0.25, -0.2) is 0 Å². The molecular weight excluding hydrogens is 124 g/mol. The van der Waals surface area contributed by atoms with Crippen LogP contribution in [0.4, 0.5) is 5.69 Å². The highest BCUT2D eigenvalue weighted by Gasteiger charge is 2.15. The molecule has 0 fully saturated rings. The molecule has 0 radical (unpaired) electrons. The van der Waals surface area contributed by atoms with Crippen molar-refractivity contribution in [3.63, 3.8) is 0 Å². The van der Waals surface area contributed by atoms with Gasteiger partial charge in [-0.05, 0) is 19.1 Å². The molecule has 2 nitrogen and oxygen atoms in total. The van der Waals surface area contributed by atoms with Crippen LogP contribution >= 0.6 is 0 Å². The summed E-state index contributed by atoms with van der Waals surface area (Å²) in [5, 5.41) is 3.33. The molecule has 52 valence electrons. The van der Waals surface area contributed by atoms with Gasteiger partial charge in [0, 0.05) is 18.7 Å². The van der Waals surface area contributed by atoms with Crippen molar-refractivity contribution in [1.82, 2.24) is 4.98 Å². The highest BCUT2D eigenvalue weighted by molar-refractivity contribution is 5.52. The van der Waals surface area contributed by atoms with E-state index < -0.39 is 0 Å². The Labute approximate surface area is 60.3 Å². The maximum absolute atomic E-state index is 4.25. The van der Waals surface area contributed by atoms with E-state index in [1.807, 2.05) is 12.3 Å². The average molecular weight is 134 g/mol. The number of aromatic nitrogens is 1. The fraction of sp³-hybridized carbons (Fsp3) is 0.375. The Morgan fingerprint density at radius 3 is 3.40 bits per heavy atom. The van der Waals surface area contributed by atoms with E-state index in [0.717, 1.165) is 6.42 Å². The van der Waals surface area contributed by atoms with Gasteiger partial charge in [0.05, 0.1) is 11.4 Å². The van der Waals surface area contributed by atoms with Gasteiger partial charge in [0.2, 0.25) is 0 Å². The van der Waals surface area contributed by atoms with Crippen LogP contribution in [0.5, 0.6) is 0 Å². The monoisotopic (exact) mass is 134 g/mol. The van der Waals surface area contributed by atoms with Gasteiger partial charge in [-0.1, -0.05) is 0 Å². The van der Waals surface area contributed by atoms with Crippen LogP contribution in [0.3, 0.4) is 0 Å². The van der Waals surface area contributed by atoms with Gasteiger partial charge in [-0.3, -0.25) is 4.98 Å². The number of fused-ring (bicyclic) bond motifs is 1. The van der Waals surface area contributed by atoms with Crippen molar-refractivity contribution in [2.45, 2.75) is 19.4 Å². The maximum Gasteiger partial charge on any atom is 0.0654 e. The van der Waals surface area contributed by atoms with Gasteiger partial charge in [0.1, 0.15) is 0 Å². The number of hydrogen-bond donors (Lipinski definition) is 1. The maximum atomic E-state index is 4.25. The van der Waals surface area contributed by atoms with Crippen molar-refractivity contribution in [2.24, 2.45) is 0 Å². The number of anilines is 1. The smallest absolute Gasteiger partial charge is 0.0654 e. The zero-order valence-corrected chi connectivity index (χ0v) is 5.96. The summed E-state index contributed by atoms with van der Waals surface area (Å²) in [6, 6.07) is 4.60. The lowest BCUT2D eigenvalue weighted by molar-refractivity contribution is 0.824. The molecule has 1 N–H and O–H groups in total. The van der Waals surface area contributed by atoms with Gasteiger partial charge < -0.3 is 5.32 Å². The van der Waals surface area contributed by atoms with Crippen molar-refractivity contribution in [2.75, 3.05) is 5.32 Å². The summed E-state index contributed by atoms with van der Waals surface area (Å²) < 4.78 is 0. The number of nitrogens with zero attached hydrogens (tertiary/aromatic N) is 1. The Morgan fingerprint density at radius 1 is 1.70 bits per heavy atom. The van der Waals surface area contributed by atoms with Gasteiger partial charge in [-0.15, -0.1) is 0 Å². The zero-order chi connectivity index (χ0) is 6.97. The van der Waals surface area contributed by atoms with Crippen LogP contribution in [0.1, 0.15) is 12.6 Å². The van der Waals surface area contributed by atoms with Gasteiger partial charge in [-0.2, -0.15) is 0 Å². The lowest BCUT2D eigenvalue weighted by atomic mass is 10.2. The molecule has 2 rings (SSSR count). The number of pyridine rings is 1. The summed E-state index contributed by atoms with van der Waals surface area (Å²) in [6.45, 7) is 2.17. The molecule has 1 aromatic rings. The molecule has 1 aliphatic rings. The summed E-state index contributed by atoms with van der Waals surface area (Å²) in [7, 11) is 0. The molecule has 0 spiro atoms. The minimum Gasteiger partial charge on any atom is -0.381 e. The van der Waals surface area contributed by atoms with E-state index in [9.17, 15) is 0 Å². The first kappa shape index (κ1) is 5.71. The molecular formula is C8H10N2. The quantitative estimate of drug-likeness (QED) is 0.580. The first-order chi connectivity index (χ1) is 4.86. The Hall–Kier alpha value is -1.05. The molecule has 0 amide bonds. The third-order valence-corrected chi connectivity index (χ3v) is 1.79. The minimum absolute atomic E-state index is 0.560. The van der Waals surface area contributed by atoms with Gasteiger partial charge in [0.25, 0.3) is 0 Å². The molecule has 0 aliphatic carbocycles. The molecule has 0 bridgehead atoms. The van der Waals surface area contributed by atoms with Gasteiger partial charge >= 0.3 is 0 Å². The van der Waals surface area contributed by atoms with Crippen molar-refractivity contribution in [3.05, 3.63) is 24.0 Å². The van der Waals surface area contributed by atoms with Crippen molar-refractivity contribution in [3.8, 4) is 0 Å². The molecule has 0 saturated carbocycles. The highest BCUT2D eigenvalue weighted by atomic mass is 15.0. The normalized spacial score (nSPS) is 21.9. The number of rotatable bonds is 0. The van der Waals surface area contributed by atoms with Crippen molar-refractivity contribution in [1.29, 1.82) is 0 Å². The van der Waals surface area contributed by atoms with E-state index in [1.165, 1.54) is 11.4 Å². The lowest BCUT2D eigenvalue weighted by Gasteiger charge is -1.99. The topological polar surface area (TPSA) is 24.9 Å². The van der Waals surface area contributed by atoms with E-state index in [4.69, 9.17) is 0 Å². The summed E-state index contributed by atoms with van der Waals surface area (Å²) in [4.78, 5) is 4.25. The lowest BCUT2D eigenvalue weighted by Crippen LogP contribution is -2.08. The Morgan fingerprint density at radius 2 is 2.60 bits per heavy atom. The van der Waals surface area contributed by atoms with E-state index >= 15 is 0 Å².